The van der Waals surface area contributed by atoms with E-state index in [1.807, 2.05) is 0 Å². The van der Waals surface area contributed by atoms with Gasteiger partial charge < -0.3 is 19.8 Å². The highest BCUT2D eigenvalue weighted by Crippen LogP contribution is 2.38. The van der Waals surface area contributed by atoms with E-state index < -0.39 is 24.5 Å². The van der Waals surface area contributed by atoms with Crippen LogP contribution in [0.15, 0.2) is 24.5 Å². The van der Waals surface area contributed by atoms with Crippen molar-refractivity contribution in [1.29, 1.82) is 0 Å². The SMILES string of the molecule is COC(=O)c1c(NC(=O)COC(=O)c2ccc3nc[nH]c3c2)sc2c1CCCC2. The first-order valence-electron chi connectivity index (χ1n) is 9.19. The third kappa shape index (κ3) is 3.86. The second-order valence-corrected chi connectivity index (χ2v) is 7.77. The lowest BCUT2D eigenvalue weighted by Crippen LogP contribution is -2.21. The second kappa shape index (κ2) is 8.04. The summed E-state index contributed by atoms with van der Waals surface area (Å²) in [6, 6.07) is 4.90. The second-order valence-electron chi connectivity index (χ2n) is 6.67. The van der Waals surface area contributed by atoms with Gasteiger partial charge in [-0.15, -0.1) is 11.3 Å². The van der Waals surface area contributed by atoms with Crippen molar-refractivity contribution in [2.45, 2.75) is 25.7 Å². The van der Waals surface area contributed by atoms with Crippen molar-refractivity contribution in [3.8, 4) is 0 Å². The van der Waals surface area contributed by atoms with Crippen LogP contribution in [-0.2, 0) is 27.1 Å². The van der Waals surface area contributed by atoms with Crippen molar-refractivity contribution in [3.63, 3.8) is 0 Å². The first-order valence-corrected chi connectivity index (χ1v) is 10.0. The summed E-state index contributed by atoms with van der Waals surface area (Å²) in [5.41, 5.74) is 3.12. The number of H-pyrrole nitrogens is 1. The lowest BCUT2D eigenvalue weighted by molar-refractivity contribution is -0.119. The largest absolute Gasteiger partial charge is 0.465 e. The minimum absolute atomic E-state index is 0.316. The number of aromatic amines is 1. The lowest BCUT2D eigenvalue weighted by Gasteiger charge is -2.11. The summed E-state index contributed by atoms with van der Waals surface area (Å²) in [4.78, 5) is 44.9. The van der Waals surface area contributed by atoms with Crippen molar-refractivity contribution in [2.24, 2.45) is 0 Å². The van der Waals surface area contributed by atoms with E-state index in [2.05, 4.69) is 15.3 Å². The molecule has 29 heavy (non-hydrogen) atoms. The number of aryl methyl sites for hydroxylation is 1. The predicted molar refractivity (Wildman–Crippen MR) is 107 cm³/mol. The molecule has 0 unspecified atom stereocenters. The summed E-state index contributed by atoms with van der Waals surface area (Å²) in [6.45, 7) is -0.455. The Balaban J connectivity index is 1.43. The van der Waals surface area contributed by atoms with Gasteiger partial charge in [-0.1, -0.05) is 0 Å². The van der Waals surface area contributed by atoms with Crippen LogP contribution in [0.25, 0.3) is 11.0 Å². The van der Waals surface area contributed by atoms with E-state index in [0.29, 0.717) is 21.6 Å². The molecule has 0 saturated carbocycles. The predicted octanol–water partition coefficient (Wildman–Crippen LogP) is 3.09. The third-order valence-electron chi connectivity index (χ3n) is 4.80. The number of carbonyl (C=O) groups excluding carboxylic acids is 3. The molecule has 1 aliphatic carbocycles. The number of anilines is 1. The van der Waals surface area contributed by atoms with Crippen LogP contribution in [0.1, 0.15) is 44.0 Å². The topological polar surface area (TPSA) is 110 Å². The van der Waals surface area contributed by atoms with Gasteiger partial charge in [0.2, 0.25) is 0 Å². The van der Waals surface area contributed by atoms with Gasteiger partial charge >= 0.3 is 11.9 Å². The number of esters is 2. The maximum Gasteiger partial charge on any atom is 0.341 e. The number of rotatable bonds is 5. The summed E-state index contributed by atoms with van der Waals surface area (Å²) < 4.78 is 10.0. The molecule has 4 rings (SSSR count). The third-order valence-corrected chi connectivity index (χ3v) is 6.01. The molecule has 0 aliphatic heterocycles. The van der Waals surface area contributed by atoms with E-state index in [4.69, 9.17) is 9.47 Å². The zero-order valence-electron chi connectivity index (χ0n) is 15.7. The van der Waals surface area contributed by atoms with Crippen molar-refractivity contribution in [2.75, 3.05) is 19.0 Å². The molecule has 1 amide bonds. The number of imidazole rings is 1. The zero-order valence-corrected chi connectivity index (χ0v) is 16.6. The van der Waals surface area contributed by atoms with Crippen LogP contribution in [0.3, 0.4) is 0 Å². The normalized spacial score (nSPS) is 13.0. The van der Waals surface area contributed by atoms with Gasteiger partial charge in [-0.25, -0.2) is 14.6 Å². The summed E-state index contributed by atoms with van der Waals surface area (Å²) in [5, 5.41) is 3.15. The van der Waals surface area contributed by atoms with Crippen LogP contribution < -0.4 is 5.32 Å². The average Bonchev–Trinajstić information content (AvgIpc) is 3.34. The smallest absolute Gasteiger partial charge is 0.341 e. The molecule has 8 nitrogen and oxygen atoms in total. The number of hydrogen-bond acceptors (Lipinski definition) is 7. The lowest BCUT2D eigenvalue weighted by atomic mass is 9.95. The van der Waals surface area contributed by atoms with Crippen LogP contribution in [0.5, 0.6) is 0 Å². The fourth-order valence-electron chi connectivity index (χ4n) is 3.41. The van der Waals surface area contributed by atoms with Gasteiger partial charge in [0, 0.05) is 4.88 Å². The van der Waals surface area contributed by atoms with E-state index in [1.54, 1.807) is 18.2 Å². The summed E-state index contributed by atoms with van der Waals surface area (Å²) in [7, 11) is 1.32. The Labute approximate surface area is 170 Å². The Morgan fingerprint density at radius 3 is 2.86 bits per heavy atom. The first-order chi connectivity index (χ1) is 14.1. The molecule has 0 bridgehead atoms. The fourth-order valence-corrected chi connectivity index (χ4v) is 4.71. The number of fused-ring (bicyclic) bond motifs is 2. The number of nitrogens with one attached hydrogen (secondary N) is 2. The fraction of sp³-hybridized carbons (Fsp3) is 0.300. The Morgan fingerprint density at radius 1 is 1.21 bits per heavy atom. The molecule has 150 valence electrons. The first kappa shape index (κ1) is 19.1. The number of hydrogen-bond donors (Lipinski definition) is 2. The summed E-state index contributed by atoms with van der Waals surface area (Å²) >= 11 is 1.38. The van der Waals surface area contributed by atoms with Crippen molar-refractivity contribution in [3.05, 3.63) is 46.1 Å². The summed E-state index contributed by atoms with van der Waals surface area (Å²) in [6.07, 6.45) is 5.26. The van der Waals surface area contributed by atoms with E-state index in [0.717, 1.165) is 41.6 Å². The van der Waals surface area contributed by atoms with Crippen LogP contribution in [-0.4, -0.2) is 41.5 Å². The number of carbonyl (C=O) groups is 3. The standard InChI is InChI=1S/C20H19N3O5S/c1-27-20(26)17-12-4-2-3-5-15(12)29-18(17)23-16(24)9-28-19(25)11-6-7-13-14(8-11)22-10-21-13/h6-8,10H,2-5,9H2,1H3,(H,21,22)(H,23,24). The number of ether oxygens (including phenoxy) is 2. The number of benzene rings is 1. The molecule has 2 N–H and O–H groups in total. The van der Waals surface area contributed by atoms with Gasteiger partial charge in [-0.2, -0.15) is 0 Å². The Hall–Kier alpha value is -3.20. The molecule has 9 heteroatoms. The maximum absolute atomic E-state index is 12.3. The minimum Gasteiger partial charge on any atom is -0.465 e. The Bertz CT molecular complexity index is 1100. The molecule has 2 aromatic heterocycles. The highest BCUT2D eigenvalue weighted by Gasteiger charge is 2.27. The number of amides is 1. The van der Waals surface area contributed by atoms with Crippen molar-refractivity contribution in [1.82, 2.24) is 9.97 Å². The molecular weight excluding hydrogens is 394 g/mol. The van der Waals surface area contributed by atoms with Gasteiger partial charge in [0.25, 0.3) is 5.91 Å². The Morgan fingerprint density at radius 2 is 2.03 bits per heavy atom. The highest BCUT2D eigenvalue weighted by atomic mass is 32.1. The van der Waals surface area contributed by atoms with E-state index in [-0.39, 0.29) is 0 Å². The molecule has 0 atom stereocenters. The quantitative estimate of drug-likeness (QED) is 0.622. The van der Waals surface area contributed by atoms with Crippen LogP contribution in [0.4, 0.5) is 5.00 Å². The van der Waals surface area contributed by atoms with Crippen LogP contribution in [0, 0.1) is 0 Å². The molecular formula is C20H19N3O5S. The van der Waals surface area contributed by atoms with Gasteiger partial charge in [0.15, 0.2) is 6.61 Å². The van der Waals surface area contributed by atoms with E-state index in [1.165, 1.54) is 24.8 Å². The molecule has 0 fully saturated rings. The number of methoxy groups -OCH3 is 1. The Kier molecular flexibility index (Phi) is 5.30. The molecule has 0 radical (unpaired) electrons. The van der Waals surface area contributed by atoms with Gasteiger partial charge in [-0.05, 0) is 49.4 Å². The zero-order chi connectivity index (χ0) is 20.4. The summed E-state index contributed by atoms with van der Waals surface area (Å²) in [5.74, 6) is -1.59. The molecule has 0 saturated heterocycles. The molecule has 2 heterocycles. The van der Waals surface area contributed by atoms with Crippen molar-refractivity contribution >= 4 is 45.2 Å². The number of thiophene rings is 1. The molecule has 1 aromatic carbocycles. The highest BCUT2D eigenvalue weighted by molar-refractivity contribution is 7.17. The number of nitrogens with zero attached hydrogens (tertiary/aromatic N) is 1. The minimum atomic E-state index is -0.615. The van der Waals surface area contributed by atoms with E-state index in [9.17, 15) is 14.4 Å². The van der Waals surface area contributed by atoms with Crippen molar-refractivity contribution < 1.29 is 23.9 Å². The number of aromatic nitrogens is 2. The monoisotopic (exact) mass is 413 g/mol. The average molecular weight is 413 g/mol. The maximum atomic E-state index is 12.3. The van der Waals surface area contributed by atoms with Gasteiger partial charge in [0.05, 0.1) is 35.6 Å². The van der Waals surface area contributed by atoms with Crippen LogP contribution in [0.2, 0.25) is 0 Å². The molecule has 1 aliphatic rings. The van der Waals surface area contributed by atoms with Gasteiger partial charge in [-0.3, -0.25) is 4.79 Å². The van der Waals surface area contributed by atoms with Crippen LogP contribution >= 0.6 is 11.3 Å². The van der Waals surface area contributed by atoms with Gasteiger partial charge in [0.1, 0.15) is 5.00 Å². The van der Waals surface area contributed by atoms with E-state index >= 15 is 0 Å². The molecule has 3 aromatic rings. The molecule has 0 spiro atoms.